The number of aromatic nitrogens is 2. The van der Waals surface area contributed by atoms with E-state index in [0.717, 1.165) is 15.8 Å². The number of rotatable bonds is 5. The Morgan fingerprint density at radius 1 is 1.45 bits per heavy atom. The standard InChI is InChI=1S/C14H16BrN3O2/c1-10(18-9-12(15)8-17-18)14(19)16-7-11-3-5-13(20-2)6-4-11/h3-6,8-10H,7H2,1-2H3,(H,16,19)/t10-/m0/s1. The van der Waals surface area contributed by atoms with Crippen LogP contribution in [0.3, 0.4) is 0 Å². The smallest absolute Gasteiger partial charge is 0.244 e. The molecular weight excluding hydrogens is 322 g/mol. The van der Waals surface area contributed by atoms with Crippen molar-refractivity contribution >= 4 is 21.8 Å². The minimum absolute atomic E-state index is 0.0728. The summed E-state index contributed by atoms with van der Waals surface area (Å²) in [6.07, 6.45) is 3.44. The number of nitrogens with zero attached hydrogens (tertiary/aromatic N) is 2. The first-order chi connectivity index (χ1) is 9.60. The second kappa shape index (κ2) is 6.56. The highest BCUT2D eigenvalue weighted by atomic mass is 79.9. The topological polar surface area (TPSA) is 56.1 Å². The highest BCUT2D eigenvalue weighted by Crippen LogP contribution is 2.13. The molecule has 0 aliphatic heterocycles. The average molecular weight is 338 g/mol. The molecule has 1 aromatic carbocycles. The van der Waals surface area contributed by atoms with Gasteiger partial charge in [0.1, 0.15) is 11.8 Å². The van der Waals surface area contributed by atoms with Crippen LogP contribution in [0.25, 0.3) is 0 Å². The normalized spacial score (nSPS) is 11.9. The van der Waals surface area contributed by atoms with Crippen LogP contribution in [0.1, 0.15) is 18.5 Å². The number of carbonyl (C=O) groups excluding carboxylic acids is 1. The molecule has 20 heavy (non-hydrogen) atoms. The Kier molecular flexibility index (Phi) is 4.79. The van der Waals surface area contributed by atoms with E-state index in [0.29, 0.717) is 6.54 Å². The molecule has 0 saturated heterocycles. The molecule has 1 heterocycles. The number of amides is 1. The number of nitrogens with one attached hydrogen (secondary N) is 1. The van der Waals surface area contributed by atoms with E-state index in [1.54, 1.807) is 24.2 Å². The SMILES string of the molecule is COc1ccc(CNC(=O)[C@H](C)n2cc(Br)cn2)cc1. The molecule has 0 aliphatic carbocycles. The Bertz CT molecular complexity index is 580. The maximum absolute atomic E-state index is 12.0. The van der Waals surface area contributed by atoms with Crippen molar-refractivity contribution in [3.63, 3.8) is 0 Å². The third-order valence-corrected chi connectivity index (χ3v) is 3.38. The van der Waals surface area contributed by atoms with Gasteiger partial charge in [0.25, 0.3) is 0 Å². The molecule has 1 atom stereocenters. The van der Waals surface area contributed by atoms with E-state index in [1.165, 1.54) is 0 Å². The van der Waals surface area contributed by atoms with Crippen LogP contribution in [-0.4, -0.2) is 22.8 Å². The molecule has 1 aromatic heterocycles. The lowest BCUT2D eigenvalue weighted by atomic mass is 10.2. The Morgan fingerprint density at radius 2 is 2.15 bits per heavy atom. The van der Waals surface area contributed by atoms with Crippen LogP contribution in [0.2, 0.25) is 0 Å². The van der Waals surface area contributed by atoms with Crippen LogP contribution >= 0.6 is 15.9 Å². The fraction of sp³-hybridized carbons (Fsp3) is 0.286. The van der Waals surface area contributed by atoms with Crippen LogP contribution < -0.4 is 10.1 Å². The Hall–Kier alpha value is -1.82. The molecule has 1 amide bonds. The number of benzene rings is 1. The number of carbonyl (C=O) groups is 1. The van der Waals surface area contributed by atoms with Gasteiger partial charge in [-0.25, -0.2) is 0 Å². The molecule has 0 bridgehead atoms. The summed E-state index contributed by atoms with van der Waals surface area (Å²) < 4.78 is 7.56. The molecule has 0 unspecified atom stereocenters. The molecule has 0 radical (unpaired) electrons. The van der Waals surface area contributed by atoms with Gasteiger partial charge in [0, 0.05) is 12.7 Å². The summed E-state index contributed by atoms with van der Waals surface area (Å²) in [6.45, 7) is 2.29. The molecule has 5 nitrogen and oxygen atoms in total. The summed E-state index contributed by atoms with van der Waals surface area (Å²) in [5.41, 5.74) is 1.02. The zero-order valence-corrected chi connectivity index (χ0v) is 12.9. The number of hydrogen-bond acceptors (Lipinski definition) is 3. The predicted octanol–water partition coefficient (Wildman–Crippen LogP) is 2.53. The van der Waals surface area contributed by atoms with E-state index in [-0.39, 0.29) is 11.9 Å². The van der Waals surface area contributed by atoms with Gasteiger partial charge >= 0.3 is 0 Å². The average Bonchev–Trinajstić information content (AvgIpc) is 2.91. The van der Waals surface area contributed by atoms with E-state index >= 15 is 0 Å². The Balaban J connectivity index is 1.91. The highest BCUT2D eigenvalue weighted by Gasteiger charge is 2.15. The van der Waals surface area contributed by atoms with Gasteiger partial charge in [-0.15, -0.1) is 0 Å². The summed E-state index contributed by atoms with van der Waals surface area (Å²) in [5, 5.41) is 6.99. The lowest BCUT2D eigenvalue weighted by Crippen LogP contribution is -2.30. The first-order valence-corrected chi connectivity index (χ1v) is 6.99. The summed E-state index contributed by atoms with van der Waals surface area (Å²) >= 11 is 3.31. The van der Waals surface area contributed by atoms with Crippen LogP contribution in [0.4, 0.5) is 0 Å². The maximum Gasteiger partial charge on any atom is 0.244 e. The van der Waals surface area contributed by atoms with Gasteiger partial charge in [0.15, 0.2) is 0 Å². The van der Waals surface area contributed by atoms with Crippen molar-refractivity contribution in [2.75, 3.05) is 7.11 Å². The third kappa shape index (κ3) is 3.60. The van der Waals surface area contributed by atoms with Gasteiger partial charge in [-0.3, -0.25) is 9.48 Å². The van der Waals surface area contributed by atoms with Gasteiger partial charge < -0.3 is 10.1 Å². The van der Waals surface area contributed by atoms with Crippen LogP contribution in [-0.2, 0) is 11.3 Å². The van der Waals surface area contributed by atoms with Crippen LogP contribution in [0.5, 0.6) is 5.75 Å². The quantitative estimate of drug-likeness (QED) is 0.912. The Labute approximate surface area is 126 Å². The van der Waals surface area contributed by atoms with Crippen LogP contribution in [0, 0.1) is 0 Å². The van der Waals surface area contributed by atoms with Crippen molar-refractivity contribution in [2.45, 2.75) is 19.5 Å². The zero-order valence-electron chi connectivity index (χ0n) is 11.3. The predicted molar refractivity (Wildman–Crippen MR) is 79.5 cm³/mol. The van der Waals surface area contributed by atoms with Gasteiger partial charge in [-0.05, 0) is 40.5 Å². The Morgan fingerprint density at radius 3 is 2.70 bits per heavy atom. The lowest BCUT2D eigenvalue weighted by molar-refractivity contribution is -0.124. The van der Waals surface area contributed by atoms with Crippen LogP contribution in [0.15, 0.2) is 41.1 Å². The van der Waals surface area contributed by atoms with Gasteiger partial charge in [-0.2, -0.15) is 5.10 Å². The van der Waals surface area contributed by atoms with E-state index in [9.17, 15) is 4.79 Å². The van der Waals surface area contributed by atoms with E-state index < -0.39 is 0 Å². The summed E-state index contributed by atoms with van der Waals surface area (Å²) in [6, 6.07) is 7.24. The van der Waals surface area contributed by atoms with E-state index in [1.807, 2.05) is 31.2 Å². The fourth-order valence-electron chi connectivity index (χ4n) is 1.73. The molecule has 0 fully saturated rings. The molecule has 2 aromatic rings. The second-order valence-electron chi connectivity index (χ2n) is 4.38. The maximum atomic E-state index is 12.0. The first kappa shape index (κ1) is 14.6. The third-order valence-electron chi connectivity index (χ3n) is 2.97. The van der Waals surface area contributed by atoms with Gasteiger partial charge in [0.2, 0.25) is 5.91 Å². The zero-order chi connectivity index (χ0) is 14.5. The fourth-order valence-corrected chi connectivity index (χ4v) is 2.03. The summed E-state index contributed by atoms with van der Waals surface area (Å²) in [5.74, 6) is 0.728. The second-order valence-corrected chi connectivity index (χ2v) is 5.30. The number of methoxy groups -OCH3 is 1. The molecule has 6 heteroatoms. The van der Waals surface area contributed by atoms with Crippen molar-refractivity contribution in [3.8, 4) is 5.75 Å². The van der Waals surface area contributed by atoms with Crippen molar-refractivity contribution in [2.24, 2.45) is 0 Å². The minimum atomic E-state index is -0.348. The molecular formula is C14H16BrN3O2. The van der Waals surface area contributed by atoms with Gasteiger partial charge in [-0.1, -0.05) is 12.1 Å². The van der Waals surface area contributed by atoms with Crippen molar-refractivity contribution < 1.29 is 9.53 Å². The number of ether oxygens (including phenoxy) is 1. The monoisotopic (exact) mass is 337 g/mol. The first-order valence-electron chi connectivity index (χ1n) is 6.20. The number of halogens is 1. The summed E-state index contributed by atoms with van der Waals surface area (Å²) in [4.78, 5) is 12.0. The number of hydrogen-bond donors (Lipinski definition) is 1. The summed E-state index contributed by atoms with van der Waals surface area (Å²) in [7, 11) is 1.63. The molecule has 0 saturated carbocycles. The van der Waals surface area contributed by atoms with E-state index in [4.69, 9.17) is 4.74 Å². The van der Waals surface area contributed by atoms with Crippen molar-refractivity contribution in [3.05, 3.63) is 46.7 Å². The molecule has 2 rings (SSSR count). The van der Waals surface area contributed by atoms with E-state index in [2.05, 4.69) is 26.3 Å². The van der Waals surface area contributed by atoms with Gasteiger partial charge in [0.05, 0.1) is 17.8 Å². The van der Waals surface area contributed by atoms with Crippen molar-refractivity contribution in [1.29, 1.82) is 0 Å². The minimum Gasteiger partial charge on any atom is -0.497 e. The van der Waals surface area contributed by atoms with Crippen molar-refractivity contribution in [1.82, 2.24) is 15.1 Å². The lowest BCUT2D eigenvalue weighted by Gasteiger charge is -2.12. The molecule has 0 spiro atoms. The molecule has 1 N–H and O–H groups in total. The molecule has 106 valence electrons. The highest BCUT2D eigenvalue weighted by molar-refractivity contribution is 9.10. The largest absolute Gasteiger partial charge is 0.497 e. The molecule has 0 aliphatic rings.